The average molecular weight is 291 g/mol. The number of hydrogen-bond acceptors (Lipinski definition) is 2. The lowest BCUT2D eigenvalue weighted by atomic mass is 9.91. The molecule has 0 heterocycles. The Morgan fingerprint density at radius 2 is 1.65 bits per heavy atom. The molecule has 1 N–H and O–H groups in total. The fourth-order valence-electron chi connectivity index (χ4n) is 2.15. The molecule has 2 atom stereocenters. The highest BCUT2D eigenvalue weighted by atomic mass is 35.5. The summed E-state index contributed by atoms with van der Waals surface area (Å²) in [4.78, 5) is 0. The summed E-state index contributed by atoms with van der Waals surface area (Å²) in [7, 11) is 0. The second-order valence-electron chi connectivity index (χ2n) is 4.75. The minimum absolute atomic E-state index is 0.0470. The Kier molecular flexibility index (Phi) is 5.45. The van der Waals surface area contributed by atoms with Crippen LogP contribution in [0.4, 0.5) is 0 Å². The van der Waals surface area contributed by atoms with Crippen LogP contribution in [0.3, 0.4) is 0 Å². The molecule has 0 saturated heterocycles. The van der Waals surface area contributed by atoms with Crippen LogP contribution in [0.1, 0.15) is 30.1 Å². The summed E-state index contributed by atoms with van der Waals surface area (Å²) in [5.41, 5.74) is 2.02. The van der Waals surface area contributed by atoms with Gasteiger partial charge in [0.1, 0.15) is 12.4 Å². The lowest BCUT2D eigenvalue weighted by molar-refractivity contribution is 0.151. The number of halogens is 1. The summed E-state index contributed by atoms with van der Waals surface area (Å²) in [5, 5.41) is 10.4. The monoisotopic (exact) mass is 290 g/mol. The molecular formula is C17H19ClO2. The molecule has 0 bridgehead atoms. The van der Waals surface area contributed by atoms with Crippen LogP contribution in [0, 0.1) is 0 Å². The number of hydrogen-bond donors (Lipinski definition) is 1. The van der Waals surface area contributed by atoms with Crippen molar-refractivity contribution >= 4 is 11.6 Å². The molecule has 2 nitrogen and oxygen atoms in total. The van der Waals surface area contributed by atoms with Crippen LogP contribution in [-0.4, -0.2) is 17.6 Å². The highest BCUT2D eigenvalue weighted by Crippen LogP contribution is 2.31. The molecule has 106 valence electrons. The predicted molar refractivity (Wildman–Crippen MR) is 82.5 cm³/mol. The number of benzene rings is 2. The first-order valence-corrected chi connectivity index (χ1v) is 7.27. The van der Waals surface area contributed by atoms with E-state index in [1.165, 1.54) is 0 Å². The Hall–Kier alpha value is -1.51. The maximum Gasteiger partial charge on any atom is 0.119 e. The van der Waals surface area contributed by atoms with Gasteiger partial charge in [0.05, 0.1) is 12.0 Å². The van der Waals surface area contributed by atoms with Crippen molar-refractivity contribution in [3.63, 3.8) is 0 Å². The van der Waals surface area contributed by atoms with Crippen molar-refractivity contribution in [2.45, 2.75) is 18.9 Å². The van der Waals surface area contributed by atoms with Crippen molar-refractivity contribution in [2.75, 3.05) is 12.5 Å². The fourth-order valence-corrected chi connectivity index (χ4v) is 2.22. The number of aliphatic hydroxyl groups is 1. The quantitative estimate of drug-likeness (QED) is 0.810. The van der Waals surface area contributed by atoms with Crippen LogP contribution in [0.2, 0.25) is 0 Å². The Balaban J connectivity index is 2.07. The molecule has 2 aromatic carbocycles. The van der Waals surface area contributed by atoms with Crippen molar-refractivity contribution in [2.24, 2.45) is 0 Å². The van der Waals surface area contributed by atoms with Gasteiger partial charge in [0.15, 0.2) is 0 Å². The number of ether oxygens (including phenoxy) is 1. The van der Waals surface area contributed by atoms with Crippen LogP contribution in [0.25, 0.3) is 0 Å². The first-order valence-electron chi connectivity index (χ1n) is 6.74. The lowest BCUT2D eigenvalue weighted by Crippen LogP contribution is -2.07. The van der Waals surface area contributed by atoms with Gasteiger partial charge in [-0.05, 0) is 23.3 Å². The van der Waals surface area contributed by atoms with Gasteiger partial charge >= 0.3 is 0 Å². The van der Waals surface area contributed by atoms with Crippen LogP contribution in [-0.2, 0) is 0 Å². The molecule has 0 aliphatic heterocycles. The molecule has 3 heteroatoms. The SMILES string of the molecule is CC(c1ccccc1)C(O)c1ccc(OCCCl)cc1. The van der Waals surface area contributed by atoms with E-state index in [0.717, 1.165) is 16.9 Å². The first kappa shape index (κ1) is 14.9. The zero-order valence-corrected chi connectivity index (χ0v) is 12.3. The van der Waals surface area contributed by atoms with Crippen LogP contribution < -0.4 is 4.74 Å². The van der Waals surface area contributed by atoms with E-state index in [9.17, 15) is 5.11 Å². The number of rotatable bonds is 6. The molecule has 20 heavy (non-hydrogen) atoms. The minimum Gasteiger partial charge on any atom is -0.492 e. The van der Waals surface area contributed by atoms with Gasteiger partial charge in [0.2, 0.25) is 0 Å². The molecule has 2 aromatic rings. The van der Waals surface area contributed by atoms with Gasteiger partial charge in [-0.1, -0.05) is 49.4 Å². The normalized spacial score (nSPS) is 13.8. The minimum atomic E-state index is -0.528. The summed E-state index contributed by atoms with van der Waals surface area (Å²) in [6, 6.07) is 17.5. The fraction of sp³-hybridized carbons (Fsp3) is 0.294. The third kappa shape index (κ3) is 3.75. The van der Waals surface area contributed by atoms with E-state index in [1.54, 1.807) is 0 Å². The van der Waals surface area contributed by atoms with Gasteiger partial charge in [-0.15, -0.1) is 11.6 Å². The molecule has 0 aliphatic carbocycles. The van der Waals surface area contributed by atoms with E-state index in [0.29, 0.717) is 12.5 Å². The maximum absolute atomic E-state index is 10.4. The van der Waals surface area contributed by atoms with E-state index in [2.05, 4.69) is 0 Å². The highest BCUT2D eigenvalue weighted by Gasteiger charge is 2.17. The standard InChI is InChI=1S/C17H19ClO2/c1-13(14-5-3-2-4-6-14)17(19)15-7-9-16(10-8-15)20-12-11-18/h2-10,13,17,19H,11-12H2,1H3. The van der Waals surface area contributed by atoms with Crippen molar-refractivity contribution in [1.82, 2.24) is 0 Å². The molecule has 2 rings (SSSR count). The highest BCUT2D eigenvalue weighted by molar-refractivity contribution is 6.18. The van der Waals surface area contributed by atoms with E-state index in [-0.39, 0.29) is 5.92 Å². The smallest absolute Gasteiger partial charge is 0.119 e. The predicted octanol–water partition coefficient (Wildman–Crippen LogP) is 4.14. The van der Waals surface area contributed by atoms with Gasteiger partial charge in [-0.3, -0.25) is 0 Å². The van der Waals surface area contributed by atoms with Crippen LogP contribution >= 0.6 is 11.6 Å². The van der Waals surface area contributed by atoms with Crippen molar-refractivity contribution in [3.05, 3.63) is 65.7 Å². The zero-order chi connectivity index (χ0) is 14.4. The lowest BCUT2D eigenvalue weighted by Gasteiger charge is -2.20. The molecule has 0 saturated carbocycles. The third-order valence-electron chi connectivity index (χ3n) is 3.37. The molecule has 0 radical (unpaired) electrons. The second kappa shape index (κ2) is 7.32. The van der Waals surface area contributed by atoms with Crippen molar-refractivity contribution in [3.8, 4) is 5.75 Å². The molecule has 0 fully saturated rings. The van der Waals surface area contributed by atoms with Crippen molar-refractivity contribution in [1.29, 1.82) is 0 Å². The van der Waals surface area contributed by atoms with E-state index >= 15 is 0 Å². The molecule has 0 amide bonds. The molecule has 0 aromatic heterocycles. The summed E-state index contributed by atoms with van der Waals surface area (Å²) in [6.07, 6.45) is -0.528. The van der Waals surface area contributed by atoms with Gasteiger partial charge in [-0.25, -0.2) is 0 Å². The topological polar surface area (TPSA) is 29.5 Å². The summed E-state index contributed by atoms with van der Waals surface area (Å²) < 4.78 is 5.42. The molecular weight excluding hydrogens is 272 g/mol. The van der Waals surface area contributed by atoms with E-state index in [1.807, 2.05) is 61.5 Å². The van der Waals surface area contributed by atoms with Gasteiger partial charge in [0, 0.05) is 5.92 Å². The molecule has 0 aliphatic rings. The Morgan fingerprint density at radius 1 is 1.00 bits per heavy atom. The maximum atomic E-state index is 10.4. The zero-order valence-electron chi connectivity index (χ0n) is 11.5. The Morgan fingerprint density at radius 3 is 2.25 bits per heavy atom. The Labute approximate surface area is 125 Å². The van der Waals surface area contributed by atoms with Crippen LogP contribution in [0.15, 0.2) is 54.6 Å². The summed E-state index contributed by atoms with van der Waals surface area (Å²) in [6.45, 7) is 2.52. The van der Waals surface area contributed by atoms with Crippen molar-refractivity contribution < 1.29 is 9.84 Å². The number of aliphatic hydroxyl groups excluding tert-OH is 1. The number of alkyl halides is 1. The van der Waals surface area contributed by atoms with E-state index < -0.39 is 6.10 Å². The van der Waals surface area contributed by atoms with Gasteiger partial charge in [-0.2, -0.15) is 0 Å². The Bertz CT molecular complexity index is 510. The molecule has 0 spiro atoms. The van der Waals surface area contributed by atoms with Gasteiger partial charge in [0.25, 0.3) is 0 Å². The average Bonchev–Trinajstić information content (AvgIpc) is 2.53. The second-order valence-corrected chi connectivity index (χ2v) is 5.13. The van der Waals surface area contributed by atoms with E-state index in [4.69, 9.17) is 16.3 Å². The third-order valence-corrected chi connectivity index (χ3v) is 3.52. The summed E-state index contributed by atoms with van der Waals surface area (Å²) in [5.74, 6) is 1.29. The molecule has 2 unspecified atom stereocenters. The van der Waals surface area contributed by atoms with Gasteiger partial charge < -0.3 is 9.84 Å². The first-order chi connectivity index (χ1) is 9.72. The van der Waals surface area contributed by atoms with Crippen LogP contribution in [0.5, 0.6) is 5.75 Å². The largest absolute Gasteiger partial charge is 0.492 e. The summed E-state index contributed by atoms with van der Waals surface area (Å²) >= 11 is 5.58.